The number of hydrogen-bond donors (Lipinski definition) is 2. The number of halogens is 5. The maximum absolute atomic E-state index is 13.3. The number of amides is 3. The van der Waals surface area contributed by atoms with Gasteiger partial charge >= 0.3 is 12.2 Å². The molecule has 0 unspecified atom stereocenters. The van der Waals surface area contributed by atoms with Gasteiger partial charge in [0.25, 0.3) is 5.91 Å². The van der Waals surface area contributed by atoms with E-state index in [2.05, 4.69) is 10.6 Å². The summed E-state index contributed by atoms with van der Waals surface area (Å²) in [4.78, 5) is 26.4. The average molecular weight is 480 g/mol. The summed E-state index contributed by atoms with van der Waals surface area (Å²) < 4.78 is 52.0. The molecule has 3 rings (SSSR count). The molecule has 0 saturated heterocycles. The van der Waals surface area contributed by atoms with Crippen molar-refractivity contribution in [1.29, 1.82) is 0 Å². The zero-order chi connectivity index (χ0) is 24.0. The zero-order valence-electron chi connectivity index (χ0n) is 17.0. The molecule has 0 radical (unpaired) electrons. The van der Waals surface area contributed by atoms with E-state index in [0.717, 1.165) is 18.2 Å². The smallest absolute Gasteiger partial charge is 0.350 e. The minimum Gasteiger partial charge on any atom is -0.350 e. The summed E-state index contributed by atoms with van der Waals surface area (Å²) >= 11 is 5.84. The van der Waals surface area contributed by atoms with Crippen LogP contribution in [0.4, 0.5) is 33.7 Å². The van der Waals surface area contributed by atoms with Crippen LogP contribution in [0.5, 0.6) is 0 Å². The van der Waals surface area contributed by atoms with Crippen LogP contribution in [0.1, 0.15) is 15.9 Å². The highest BCUT2D eigenvalue weighted by atomic mass is 35.5. The fourth-order valence-electron chi connectivity index (χ4n) is 2.91. The molecule has 0 bridgehead atoms. The Kier molecular flexibility index (Phi) is 7.55. The standard InChI is InChI=1S/C23H18ClF4N3O2/c24-17-4-8-19(9-5-17)30-22(33)31(20-10-6-18(25)7-11-20)13-12-29-21(32)15-2-1-3-16(14-15)23(26,27)28/h1-11,14H,12-13H2,(H,29,32)(H,30,33). The molecule has 3 aromatic rings. The Morgan fingerprint density at radius 1 is 0.939 bits per heavy atom. The van der Waals surface area contributed by atoms with Crippen LogP contribution >= 0.6 is 11.6 Å². The molecule has 0 heterocycles. The van der Waals surface area contributed by atoms with Gasteiger partial charge in [0.2, 0.25) is 0 Å². The summed E-state index contributed by atoms with van der Waals surface area (Å²) in [6, 6.07) is 15.0. The monoisotopic (exact) mass is 479 g/mol. The van der Waals surface area contributed by atoms with Crippen LogP contribution in [0.3, 0.4) is 0 Å². The molecule has 3 amide bonds. The van der Waals surface area contributed by atoms with E-state index in [4.69, 9.17) is 11.6 Å². The van der Waals surface area contributed by atoms with Gasteiger partial charge in [0.1, 0.15) is 5.82 Å². The molecule has 33 heavy (non-hydrogen) atoms. The number of carbonyl (C=O) groups is 2. The van der Waals surface area contributed by atoms with Gasteiger partial charge in [-0.25, -0.2) is 9.18 Å². The number of urea groups is 1. The van der Waals surface area contributed by atoms with Gasteiger partial charge in [-0.15, -0.1) is 0 Å². The van der Waals surface area contributed by atoms with E-state index < -0.39 is 29.5 Å². The lowest BCUT2D eigenvalue weighted by Gasteiger charge is -2.23. The van der Waals surface area contributed by atoms with E-state index in [0.29, 0.717) is 16.4 Å². The predicted octanol–water partition coefficient (Wildman–Crippen LogP) is 5.97. The molecule has 172 valence electrons. The summed E-state index contributed by atoms with van der Waals surface area (Å²) in [5, 5.41) is 5.66. The number of carbonyl (C=O) groups excluding carboxylic acids is 2. The number of benzene rings is 3. The second-order valence-corrected chi connectivity index (χ2v) is 7.34. The van der Waals surface area contributed by atoms with E-state index in [1.807, 2.05) is 0 Å². The summed E-state index contributed by atoms with van der Waals surface area (Å²) in [6.07, 6.45) is -4.57. The van der Waals surface area contributed by atoms with Gasteiger partial charge in [0, 0.05) is 35.1 Å². The highest BCUT2D eigenvalue weighted by Crippen LogP contribution is 2.29. The van der Waals surface area contributed by atoms with E-state index >= 15 is 0 Å². The molecule has 0 fully saturated rings. The quantitative estimate of drug-likeness (QED) is 0.428. The topological polar surface area (TPSA) is 61.4 Å². The van der Waals surface area contributed by atoms with Crippen molar-refractivity contribution in [2.75, 3.05) is 23.3 Å². The van der Waals surface area contributed by atoms with Gasteiger partial charge in [0.05, 0.1) is 5.56 Å². The Bertz CT molecular complexity index is 1120. The molecular weight excluding hydrogens is 462 g/mol. The molecule has 0 spiro atoms. The van der Waals surface area contributed by atoms with Gasteiger partial charge in [-0.2, -0.15) is 13.2 Å². The molecule has 0 aromatic heterocycles. The molecule has 0 aliphatic heterocycles. The van der Waals surface area contributed by atoms with Crippen LogP contribution in [0.2, 0.25) is 5.02 Å². The molecule has 10 heteroatoms. The molecular formula is C23H18ClF4N3O2. The van der Waals surface area contributed by atoms with Crippen LogP contribution < -0.4 is 15.5 Å². The first-order chi connectivity index (χ1) is 15.6. The number of rotatable bonds is 6. The molecule has 2 N–H and O–H groups in total. The lowest BCUT2D eigenvalue weighted by atomic mass is 10.1. The minimum absolute atomic E-state index is 0.0320. The van der Waals surface area contributed by atoms with Crippen LogP contribution in [0.15, 0.2) is 72.8 Å². The van der Waals surface area contributed by atoms with Crippen LogP contribution in [0.25, 0.3) is 0 Å². The fourth-order valence-corrected chi connectivity index (χ4v) is 3.04. The molecule has 0 atom stereocenters. The minimum atomic E-state index is -4.57. The number of nitrogens with zero attached hydrogens (tertiary/aromatic N) is 1. The highest BCUT2D eigenvalue weighted by molar-refractivity contribution is 6.30. The first kappa shape index (κ1) is 24.1. The second-order valence-electron chi connectivity index (χ2n) is 6.90. The Morgan fingerprint density at radius 3 is 2.24 bits per heavy atom. The molecule has 0 saturated carbocycles. The zero-order valence-corrected chi connectivity index (χ0v) is 17.8. The van der Waals surface area contributed by atoms with Crippen molar-refractivity contribution in [1.82, 2.24) is 5.32 Å². The third-order valence-corrected chi connectivity index (χ3v) is 4.80. The van der Waals surface area contributed by atoms with Gasteiger partial charge in [-0.1, -0.05) is 17.7 Å². The van der Waals surface area contributed by atoms with Crippen molar-refractivity contribution in [2.24, 2.45) is 0 Å². The van der Waals surface area contributed by atoms with Gasteiger partial charge < -0.3 is 10.6 Å². The summed E-state index contributed by atoms with van der Waals surface area (Å²) in [7, 11) is 0. The van der Waals surface area contributed by atoms with E-state index in [1.54, 1.807) is 24.3 Å². The lowest BCUT2D eigenvalue weighted by molar-refractivity contribution is -0.137. The molecule has 0 aliphatic rings. The van der Waals surface area contributed by atoms with E-state index in [1.165, 1.54) is 35.2 Å². The first-order valence-electron chi connectivity index (χ1n) is 9.68. The summed E-state index contributed by atoms with van der Waals surface area (Å²) in [6.45, 7) is -0.101. The predicted molar refractivity (Wildman–Crippen MR) is 118 cm³/mol. The average Bonchev–Trinajstić information content (AvgIpc) is 2.78. The van der Waals surface area contributed by atoms with Gasteiger partial charge in [0.15, 0.2) is 0 Å². The van der Waals surface area contributed by atoms with E-state index in [-0.39, 0.29) is 18.7 Å². The fraction of sp³-hybridized carbons (Fsp3) is 0.130. The lowest BCUT2D eigenvalue weighted by Crippen LogP contribution is -2.41. The Balaban J connectivity index is 1.70. The van der Waals surface area contributed by atoms with Gasteiger partial charge in [-0.05, 0) is 66.7 Å². The van der Waals surface area contributed by atoms with Crippen molar-refractivity contribution >= 4 is 34.9 Å². The maximum Gasteiger partial charge on any atom is 0.416 e. The van der Waals surface area contributed by atoms with Crippen molar-refractivity contribution in [2.45, 2.75) is 6.18 Å². The van der Waals surface area contributed by atoms with Crippen LogP contribution in [0, 0.1) is 5.82 Å². The summed E-state index contributed by atoms with van der Waals surface area (Å²) in [5.74, 6) is -1.21. The second kappa shape index (κ2) is 10.4. The SMILES string of the molecule is O=C(NCCN(C(=O)Nc1ccc(Cl)cc1)c1ccc(F)cc1)c1cccc(C(F)(F)F)c1. The number of alkyl halides is 3. The third-order valence-electron chi connectivity index (χ3n) is 4.55. The normalized spacial score (nSPS) is 11.1. The molecule has 0 aliphatic carbocycles. The van der Waals surface area contributed by atoms with Crippen molar-refractivity contribution in [3.63, 3.8) is 0 Å². The van der Waals surface area contributed by atoms with Crippen molar-refractivity contribution in [3.8, 4) is 0 Å². The Morgan fingerprint density at radius 2 is 1.61 bits per heavy atom. The molecule has 3 aromatic carbocycles. The van der Waals surface area contributed by atoms with Crippen molar-refractivity contribution < 1.29 is 27.2 Å². The molecule has 5 nitrogen and oxygen atoms in total. The Hall–Kier alpha value is -3.59. The largest absolute Gasteiger partial charge is 0.416 e. The van der Waals surface area contributed by atoms with Crippen molar-refractivity contribution in [3.05, 3.63) is 94.8 Å². The van der Waals surface area contributed by atoms with Gasteiger partial charge in [-0.3, -0.25) is 9.69 Å². The highest BCUT2D eigenvalue weighted by Gasteiger charge is 2.30. The number of nitrogens with one attached hydrogen (secondary N) is 2. The van der Waals surface area contributed by atoms with Crippen LogP contribution in [-0.2, 0) is 6.18 Å². The maximum atomic E-state index is 13.3. The van der Waals surface area contributed by atoms with Crippen LogP contribution in [-0.4, -0.2) is 25.0 Å². The number of anilines is 2. The number of hydrogen-bond acceptors (Lipinski definition) is 2. The first-order valence-corrected chi connectivity index (χ1v) is 10.1. The summed E-state index contributed by atoms with van der Waals surface area (Å²) in [5.41, 5.74) is -0.283. The van der Waals surface area contributed by atoms with E-state index in [9.17, 15) is 27.2 Å². The Labute approximate surface area is 192 Å². The third kappa shape index (κ3) is 6.69.